The summed E-state index contributed by atoms with van der Waals surface area (Å²) >= 11 is 0. The van der Waals surface area contributed by atoms with E-state index >= 15 is 0 Å². The van der Waals surface area contributed by atoms with Crippen molar-refractivity contribution < 1.29 is 4.79 Å². The average Bonchev–Trinajstić information content (AvgIpc) is 3.26. The van der Waals surface area contributed by atoms with Gasteiger partial charge in [0, 0.05) is 12.1 Å². The molecule has 4 rings (SSSR count). The summed E-state index contributed by atoms with van der Waals surface area (Å²) in [7, 11) is 0. The quantitative estimate of drug-likeness (QED) is 0.748. The van der Waals surface area contributed by atoms with Gasteiger partial charge in [0.05, 0.1) is 30.7 Å². The first kappa shape index (κ1) is 14.4. The monoisotopic (exact) mass is 324 g/mol. The molecule has 0 spiro atoms. The number of carbonyl (C=O) groups excluding carboxylic acids is 1. The van der Waals surface area contributed by atoms with Crippen LogP contribution in [0.4, 0.5) is 10.5 Å². The van der Waals surface area contributed by atoms with E-state index in [0.29, 0.717) is 12.2 Å². The van der Waals surface area contributed by atoms with E-state index in [4.69, 9.17) is 0 Å². The van der Waals surface area contributed by atoms with Crippen LogP contribution in [0.5, 0.6) is 0 Å². The van der Waals surface area contributed by atoms with Crippen LogP contribution in [0, 0.1) is 0 Å². The Morgan fingerprint density at radius 3 is 2.92 bits per heavy atom. The molecule has 3 aromatic rings. The molecule has 9 heteroatoms. The molecule has 2 aromatic heterocycles. The number of aromatic nitrogens is 6. The van der Waals surface area contributed by atoms with E-state index in [0.717, 1.165) is 24.4 Å². The zero-order chi connectivity index (χ0) is 16.4. The molecule has 0 unspecified atom stereocenters. The summed E-state index contributed by atoms with van der Waals surface area (Å²) in [5.41, 5.74) is 1.60. The summed E-state index contributed by atoms with van der Waals surface area (Å²) in [4.78, 5) is 16.3. The maximum atomic E-state index is 12.1. The number of carbonyl (C=O) groups is 1. The minimum Gasteiger partial charge on any atom is -0.333 e. The largest absolute Gasteiger partial charge is 0.333 e. The predicted molar refractivity (Wildman–Crippen MR) is 85.6 cm³/mol. The van der Waals surface area contributed by atoms with Crippen molar-refractivity contribution in [2.24, 2.45) is 0 Å². The number of aryl methyl sites for hydroxylation is 1. The van der Waals surface area contributed by atoms with Gasteiger partial charge in [-0.15, -0.1) is 5.10 Å². The van der Waals surface area contributed by atoms with E-state index in [1.807, 2.05) is 28.9 Å². The predicted octanol–water partition coefficient (Wildman–Crippen LogP) is 0.995. The molecule has 1 aliphatic rings. The van der Waals surface area contributed by atoms with Crippen LogP contribution in [-0.2, 0) is 13.0 Å². The number of nitrogens with zero attached hydrogens (tertiary/aromatic N) is 6. The lowest BCUT2D eigenvalue weighted by Gasteiger charge is -2.23. The second-order valence-corrected chi connectivity index (χ2v) is 5.59. The van der Waals surface area contributed by atoms with Crippen molar-refractivity contribution in [3.8, 4) is 5.69 Å². The number of anilines is 1. The molecule has 0 bridgehead atoms. The van der Waals surface area contributed by atoms with E-state index in [9.17, 15) is 4.79 Å². The highest BCUT2D eigenvalue weighted by atomic mass is 16.2. The summed E-state index contributed by atoms with van der Waals surface area (Å²) < 4.78 is 3.49. The van der Waals surface area contributed by atoms with Crippen LogP contribution in [0.2, 0.25) is 0 Å². The van der Waals surface area contributed by atoms with Crippen molar-refractivity contribution in [2.75, 3.05) is 5.32 Å². The lowest BCUT2D eigenvalue weighted by Crippen LogP contribution is -2.43. The van der Waals surface area contributed by atoms with Crippen LogP contribution in [-0.4, -0.2) is 41.8 Å². The van der Waals surface area contributed by atoms with Gasteiger partial charge in [-0.25, -0.2) is 19.1 Å². The zero-order valence-electron chi connectivity index (χ0n) is 12.8. The molecule has 0 saturated carbocycles. The second kappa shape index (κ2) is 6.11. The van der Waals surface area contributed by atoms with Crippen molar-refractivity contribution in [3.05, 3.63) is 48.8 Å². The minimum absolute atomic E-state index is 0.0496. The third kappa shape index (κ3) is 2.96. The molecule has 1 atom stereocenters. The molecule has 0 fully saturated rings. The SMILES string of the molecule is O=C(Nc1ccc(-n2ccnn2)cc1)N[C@@H]1CCc2ncnn2C1. The van der Waals surface area contributed by atoms with Crippen molar-refractivity contribution in [2.45, 2.75) is 25.4 Å². The van der Waals surface area contributed by atoms with E-state index in [1.54, 1.807) is 23.4 Å². The number of amides is 2. The molecule has 2 N–H and O–H groups in total. The van der Waals surface area contributed by atoms with E-state index in [2.05, 4.69) is 31.0 Å². The smallest absolute Gasteiger partial charge is 0.319 e. The molecule has 1 aromatic carbocycles. The van der Waals surface area contributed by atoms with Gasteiger partial charge in [0.25, 0.3) is 0 Å². The standard InChI is InChI=1S/C15H16N8O/c24-15(20-12-3-6-14-16-10-18-23(14)9-12)19-11-1-4-13(5-2-11)22-8-7-17-21-22/h1-2,4-5,7-8,10,12H,3,6,9H2,(H2,19,20,24)/t12-/m1/s1. The fourth-order valence-electron chi connectivity index (χ4n) is 2.75. The van der Waals surface area contributed by atoms with Gasteiger partial charge in [-0.2, -0.15) is 5.10 Å². The van der Waals surface area contributed by atoms with Gasteiger partial charge in [-0.3, -0.25) is 0 Å². The van der Waals surface area contributed by atoms with Gasteiger partial charge in [-0.05, 0) is 30.7 Å². The maximum Gasteiger partial charge on any atom is 0.319 e. The third-order valence-electron chi connectivity index (χ3n) is 3.95. The highest BCUT2D eigenvalue weighted by Gasteiger charge is 2.21. The number of rotatable bonds is 3. The molecule has 0 radical (unpaired) electrons. The number of hydrogen-bond acceptors (Lipinski definition) is 5. The van der Waals surface area contributed by atoms with Crippen molar-refractivity contribution in [3.63, 3.8) is 0 Å². The molecule has 2 amide bonds. The molecule has 122 valence electrons. The summed E-state index contributed by atoms with van der Waals surface area (Å²) in [5, 5.41) is 17.7. The van der Waals surface area contributed by atoms with Gasteiger partial charge in [0.2, 0.25) is 0 Å². The Morgan fingerprint density at radius 1 is 1.25 bits per heavy atom. The van der Waals surface area contributed by atoms with Crippen molar-refractivity contribution >= 4 is 11.7 Å². The highest BCUT2D eigenvalue weighted by Crippen LogP contribution is 2.14. The maximum absolute atomic E-state index is 12.1. The molecule has 0 aliphatic carbocycles. The van der Waals surface area contributed by atoms with Gasteiger partial charge in [0.1, 0.15) is 12.2 Å². The van der Waals surface area contributed by atoms with E-state index < -0.39 is 0 Å². The lowest BCUT2D eigenvalue weighted by molar-refractivity contribution is 0.243. The topological polar surface area (TPSA) is 103 Å². The highest BCUT2D eigenvalue weighted by molar-refractivity contribution is 5.89. The van der Waals surface area contributed by atoms with Crippen LogP contribution in [0.3, 0.4) is 0 Å². The van der Waals surface area contributed by atoms with E-state index in [-0.39, 0.29) is 12.1 Å². The molecular weight excluding hydrogens is 308 g/mol. The summed E-state index contributed by atoms with van der Waals surface area (Å²) in [6.07, 6.45) is 6.60. The van der Waals surface area contributed by atoms with Gasteiger partial charge >= 0.3 is 6.03 Å². The fourth-order valence-corrected chi connectivity index (χ4v) is 2.75. The van der Waals surface area contributed by atoms with Gasteiger partial charge in [0.15, 0.2) is 0 Å². The number of benzene rings is 1. The number of hydrogen-bond donors (Lipinski definition) is 2. The Labute approximate surface area is 137 Å². The third-order valence-corrected chi connectivity index (χ3v) is 3.95. The molecule has 9 nitrogen and oxygen atoms in total. The second-order valence-electron chi connectivity index (χ2n) is 5.59. The van der Waals surface area contributed by atoms with Crippen molar-refractivity contribution in [1.29, 1.82) is 0 Å². The zero-order valence-corrected chi connectivity index (χ0v) is 12.8. The first-order valence-corrected chi connectivity index (χ1v) is 7.69. The van der Waals surface area contributed by atoms with Gasteiger partial charge < -0.3 is 10.6 Å². The summed E-state index contributed by atoms with van der Waals surface area (Å²) in [5.74, 6) is 0.970. The molecule has 3 heterocycles. The average molecular weight is 324 g/mol. The number of urea groups is 1. The molecule has 0 saturated heterocycles. The number of fused-ring (bicyclic) bond motifs is 1. The fraction of sp³-hybridized carbons (Fsp3) is 0.267. The summed E-state index contributed by atoms with van der Waals surface area (Å²) in [6, 6.07) is 7.21. The minimum atomic E-state index is -0.225. The van der Waals surface area contributed by atoms with E-state index in [1.165, 1.54) is 0 Å². The van der Waals surface area contributed by atoms with Crippen LogP contribution in [0.25, 0.3) is 5.69 Å². The van der Waals surface area contributed by atoms with Gasteiger partial charge in [-0.1, -0.05) is 5.21 Å². The molecular formula is C15H16N8O. The Bertz CT molecular complexity index is 824. The first-order chi connectivity index (χ1) is 11.8. The summed E-state index contributed by atoms with van der Waals surface area (Å²) in [6.45, 7) is 0.647. The van der Waals surface area contributed by atoms with Crippen LogP contribution in [0.15, 0.2) is 43.0 Å². The Balaban J connectivity index is 1.35. The van der Waals surface area contributed by atoms with Crippen molar-refractivity contribution in [1.82, 2.24) is 35.1 Å². The first-order valence-electron chi connectivity index (χ1n) is 7.69. The van der Waals surface area contributed by atoms with Crippen LogP contribution in [0.1, 0.15) is 12.2 Å². The Kier molecular flexibility index (Phi) is 3.66. The Hall–Kier alpha value is -3.23. The van der Waals surface area contributed by atoms with Crippen LogP contribution < -0.4 is 10.6 Å². The molecule has 1 aliphatic heterocycles. The Morgan fingerprint density at radius 2 is 2.12 bits per heavy atom. The molecule has 24 heavy (non-hydrogen) atoms. The normalized spacial score (nSPS) is 16.4. The lowest BCUT2D eigenvalue weighted by atomic mass is 10.1. The number of nitrogens with one attached hydrogen (secondary N) is 2. The van der Waals surface area contributed by atoms with Crippen LogP contribution >= 0.6 is 0 Å².